The lowest BCUT2D eigenvalue weighted by Crippen LogP contribution is -2.28. The van der Waals surface area contributed by atoms with Crippen molar-refractivity contribution in [3.8, 4) is 0 Å². The number of hydrogen-bond acceptors (Lipinski definition) is 5. The first kappa shape index (κ1) is 13.5. The largest absolute Gasteiger partial charge is 0.378 e. The topological polar surface area (TPSA) is 81.5 Å². The number of nitrogens with zero attached hydrogens (tertiary/aromatic N) is 2. The summed E-state index contributed by atoms with van der Waals surface area (Å²) in [5, 5.41) is 12.9. The first-order valence-corrected chi connectivity index (χ1v) is 6.36. The van der Waals surface area contributed by atoms with Crippen LogP contribution in [-0.4, -0.2) is 10.1 Å². The Morgan fingerprint density at radius 3 is 2.84 bits per heavy atom. The lowest BCUT2D eigenvalue weighted by Gasteiger charge is -2.30. The lowest BCUT2D eigenvalue weighted by atomic mass is 9.86. The molecule has 0 aliphatic carbocycles. The third kappa shape index (κ3) is 2.33. The number of rotatable bonds is 2. The summed E-state index contributed by atoms with van der Waals surface area (Å²) in [6.07, 6.45) is 0. The molecule has 0 aromatic heterocycles. The van der Waals surface area contributed by atoms with E-state index in [4.69, 9.17) is 5.73 Å². The van der Waals surface area contributed by atoms with E-state index in [1.54, 1.807) is 19.3 Å². The number of halogens is 1. The third-order valence-electron chi connectivity index (χ3n) is 3.14. The average molecular weight is 281 g/mol. The summed E-state index contributed by atoms with van der Waals surface area (Å²) >= 11 is 1.25. The minimum Gasteiger partial charge on any atom is -0.378 e. The summed E-state index contributed by atoms with van der Waals surface area (Å²) in [6, 6.07) is 3.42. The molecular formula is C12H12FN3O2S. The quantitative estimate of drug-likeness (QED) is 0.667. The van der Waals surface area contributed by atoms with E-state index in [0.29, 0.717) is 5.17 Å². The number of nitrogens with two attached hydrogens (primary N) is 1. The molecule has 0 bridgehead atoms. The van der Waals surface area contributed by atoms with Crippen molar-refractivity contribution in [3.05, 3.63) is 50.7 Å². The van der Waals surface area contributed by atoms with Crippen LogP contribution in [0.2, 0.25) is 0 Å². The van der Waals surface area contributed by atoms with Crippen molar-refractivity contribution in [1.29, 1.82) is 0 Å². The van der Waals surface area contributed by atoms with Crippen LogP contribution in [0.5, 0.6) is 0 Å². The van der Waals surface area contributed by atoms with Crippen LogP contribution in [0.3, 0.4) is 0 Å². The van der Waals surface area contributed by atoms with E-state index in [2.05, 4.69) is 4.99 Å². The van der Waals surface area contributed by atoms with Gasteiger partial charge in [-0.05, 0) is 30.9 Å². The predicted octanol–water partition coefficient (Wildman–Crippen LogP) is 2.91. The number of amidine groups is 1. The molecule has 0 fully saturated rings. The molecule has 1 aromatic rings. The van der Waals surface area contributed by atoms with Gasteiger partial charge in [-0.15, -0.1) is 0 Å². The van der Waals surface area contributed by atoms with Gasteiger partial charge in [0.25, 0.3) is 5.69 Å². The molecule has 5 nitrogen and oxygen atoms in total. The van der Waals surface area contributed by atoms with Crippen molar-refractivity contribution in [3.63, 3.8) is 0 Å². The number of benzene rings is 1. The highest BCUT2D eigenvalue weighted by Crippen LogP contribution is 2.40. The smallest absolute Gasteiger partial charge is 0.270 e. The van der Waals surface area contributed by atoms with Crippen molar-refractivity contribution in [1.82, 2.24) is 0 Å². The summed E-state index contributed by atoms with van der Waals surface area (Å²) in [5.74, 6) is -0.538. The van der Waals surface area contributed by atoms with Crippen LogP contribution >= 0.6 is 11.8 Å². The molecule has 1 aliphatic rings. The molecular weight excluding hydrogens is 269 g/mol. The molecule has 1 heterocycles. The van der Waals surface area contributed by atoms with Crippen LogP contribution in [-0.2, 0) is 5.54 Å². The van der Waals surface area contributed by atoms with Crippen molar-refractivity contribution in [2.24, 2.45) is 10.7 Å². The molecule has 0 radical (unpaired) electrons. The Bertz CT molecular complexity index is 615. The molecule has 2 N–H and O–H groups in total. The van der Waals surface area contributed by atoms with E-state index in [9.17, 15) is 14.5 Å². The Hall–Kier alpha value is -1.89. The third-order valence-corrected chi connectivity index (χ3v) is 3.95. The number of nitro benzene ring substituents is 1. The van der Waals surface area contributed by atoms with Gasteiger partial charge in [-0.1, -0.05) is 11.8 Å². The van der Waals surface area contributed by atoms with Gasteiger partial charge in [0.2, 0.25) is 0 Å². The van der Waals surface area contributed by atoms with E-state index >= 15 is 0 Å². The van der Waals surface area contributed by atoms with Crippen LogP contribution in [0, 0.1) is 15.9 Å². The summed E-state index contributed by atoms with van der Waals surface area (Å²) in [5.41, 5.74) is 5.43. The maximum absolute atomic E-state index is 14.0. The van der Waals surface area contributed by atoms with Crippen LogP contribution < -0.4 is 5.73 Å². The number of hydrogen-bond donors (Lipinski definition) is 1. The molecule has 0 amide bonds. The van der Waals surface area contributed by atoms with Gasteiger partial charge >= 0.3 is 0 Å². The van der Waals surface area contributed by atoms with Gasteiger partial charge in [-0.25, -0.2) is 9.38 Å². The van der Waals surface area contributed by atoms with Crippen LogP contribution in [0.25, 0.3) is 0 Å². The summed E-state index contributed by atoms with van der Waals surface area (Å²) in [7, 11) is 0. The second-order valence-corrected chi connectivity index (χ2v) is 5.25. The molecule has 0 saturated heterocycles. The molecule has 100 valence electrons. The predicted molar refractivity (Wildman–Crippen MR) is 73.4 cm³/mol. The minimum absolute atomic E-state index is 0.152. The summed E-state index contributed by atoms with van der Waals surface area (Å²) < 4.78 is 14.0. The van der Waals surface area contributed by atoms with Gasteiger partial charge in [0.15, 0.2) is 5.17 Å². The van der Waals surface area contributed by atoms with Crippen molar-refractivity contribution in [2.75, 3.05) is 0 Å². The van der Waals surface area contributed by atoms with Gasteiger partial charge in [0.1, 0.15) is 11.4 Å². The molecule has 0 unspecified atom stereocenters. The zero-order valence-electron chi connectivity index (χ0n) is 10.4. The van der Waals surface area contributed by atoms with Crippen molar-refractivity contribution >= 4 is 22.6 Å². The number of non-ortho nitro benzene ring substituents is 1. The number of nitro groups is 1. The Labute approximate surface area is 113 Å². The van der Waals surface area contributed by atoms with E-state index in [0.717, 1.165) is 17.7 Å². The number of thioether (sulfide) groups is 1. The van der Waals surface area contributed by atoms with Crippen LogP contribution in [0.4, 0.5) is 10.1 Å². The normalized spacial score (nSPS) is 22.7. The lowest BCUT2D eigenvalue weighted by molar-refractivity contribution is -0.385. The molecule has 19 heavy (non-hydrogen) atoms. The molecule has 1 aliphatic heterocycles. The van der Waals surface area contributed by atoms with Gasteiger partial charge in [-0.2, -0.15) is 0 Å². The maximum Gasteiger partial charge on any atom is 0.270 e. The molecule has 7 heteroatoms. The van der Waals surface area contributed by atoms with Gasteiger partial charge < -0.3 is 5.73 Å². The van der Waals surface area contributed by atoms with E-state index < -0.39 is 16.3 Å². The first-order valence-electron chi connectivity index (χ1n) is 5.48. The van der Waals surface area contributed by atoms with Gasteiger partial charge in [0, 0.05) is 17.7 Å². The Morgan fingerprint density at radius 2 is 2.21 bits per heavy atom. The zero-order chi connectivity index (χ0) is 14.2. The Balaban J connectivity index is 2.63. The summed E-state index contributed by atoms with van der Waals surface area (Å²) in [4.78, 5) is 14.5. The second kappa shape index (κ2) is 4.65. The fourth-order valence-electron chi connectivity index (χ4n) is 1.87. The fraction of sp³-hybridized carbons (Fsp3) is 0.250. The second-order valence-electron chi connectivity index (χ2n) is 4.36. The average Bonchev–Trinajstić information content (AvgIpc) is 2.34. The Morgan fingerprint density at radius 1 is 1.53 bits per heavy atom. The summed E-state index contributed by atoms with van der Waals surface area (Å²) in [6.45, 7) is 3.48. The first-order chi connectivity index (χ1) is 8.84. The highest BCUT2D eigenvalue weighted by molar-refractivity contribution is 8.16. The van der Waals surface area contributed by atoms with Crippen molar-refractivity contribution < 1.29 is 9.31 Å². The molecule has 2 rings (SSSR count). The SMILES string of the molecule is CC1=CSC(N)=N[C@]1(C)c1cc([N+](=O)[O-])ccc1F. The van der Waals surface area contributed by atoms with Crippen molar-refractivity contribution in [2.45, 2.75) is 19.4 Å². The van der Waals surface area contributed by atoms with E-state index in [1.807, 2.05) is 0 Å². The number of aliphatic imine (C=N–C) groups is 1. The monoisotopic (exact) mass is 281 g/mol. The molecule has 1 atom stereocenters. The standard InChI is InChI=1S/C12H12FN3O2S/c1-7-6-19-11(14)15-12(7,2)9-5-8(16(17)18)3-4-10(9)13/h3-6H,1-2H3,(H2,14,15)/t12-/m0/s1. The van der Waals surface area contributed by atoms with E-state index in [-0.39, 0.29) is 11.3 Å². The van der Waals surface area contributed by atoms with E-state index in [1.165, 1.54) is 17.8 Å². The van der Waals surface area contributed by atoms with Crippen LogP contribution in [0.15, 0.2) is 34.2 Å². The Kier molecular flexibility index (Phi) is 3.32. The highest BCUT2D eigenvalue weighted by Gasteiger charge is 2.34. The van der Waals surface area contributed by atoms with Gasteiger partial charge in [0.05, 0.1) is 4.92 Å². The molecule has 0 saturated carbocycles. The minimum atomic E-state index is -1.01. The zero-order valence-corrected chi connectivity index (χ0v) is 11.2. The highest BCUT2D eigenvalue weighted by atomic mass is 32.2. The van der Waals surface area contributed by atoms with Gasteiger partial charge in [-0.3, -0.25) is 10.1 Å². The molecule has 0 spiro atoms. The van der Waals surface area contributed by atoms with Crippen LogP contribution in [0.1, 0.15) is 19.4 Å². The fourth-order valence-corrected chi connectivity index (χ4v) is 2.63. The maximum atomic E-state index is 14.0. The molecule has 1 aromatic carbocycles.